The van der Waals surface area contributed by atoms with Crippen molar-refractivity contribution in [3.63, 3.8) is 0 Å². The number of carbonyl (C=O) groups is 1. The van der Waals surface area contributed by atoms with Crippen LogP contribution in [0, 0.1) is 0 Å². The third-order valence-electron chi connectivity index (χ3n) is 2.58. The number of benzene rings is 1. The number of methoxy groups -OCH3 is 2. The van der Waals surface area contributed by atoms with Crippen molar-refractivity contribution in [2.45, 2.75) is 0 Å². The maximum Gasteiger partial charge on any atom is 0.330 e. The molecule has 4 nitrogen and oxygen atoms in total. The summed E-state index contributed by atoms with van der Waals surface area (Å²) < 4.78 is 9.70. The van der Waals surface area contributed by atoms with Crippen molar-refractivity contribution in [2.24, 2.45) is 0 Å². The summed E-state index contributed by atoms with van der Waals surface area (Å²) in [4.78, 5) is 15.3. The SMILES string of the molecule is COC(=O)/C=C/c1ccnc2cc(OC)ccc12. The lowest BCUT2D eigenvalue weighted by Gasteiger charge is -2.04. The van der Waals surface area contributed by atoms with Gasteiger partial charge in [0.05, 0.1) is 19.7 Å². The van der Waals surface area contributed by atoms with E-state index in [2.05, 4.69) is 9.72 Å². The summed E-state index contributed by atoms with van der Waals surface area (Å²) in [7, 11) is 2.96. The second-order valence-corrected chi connectivity index (χ2v) is 3.64. The molecule has 0 saturated carbocycles. The largest absolute Gasteiger partial charge is 0.497 e. The minimum absolute atomic E-state index is 0.381. The smallest absolute Gasteiger partial charge is 0.330 e. The Labute approximate surface area is 105 Å². The zero-order valence-electron chi connectivity index (χ0n) is 10.2. The highest BCUT2D eigenvalue weighted by atomic mass is 16.5. The van der Waals surface area contributed by atoms with Gasteiger partial charge in [0.15, 0.2) is 0 Å². The van der Waals surface area contributed by atoms with Crippen molar-refractivity contribution in [1.82, 2.24) is 4.98 Å². The Kier molecular flexibility index (Phi) is 3.57. The van der Waals surface area contributed by atoms with Crippen LogP contribution in [0.25, 0.3) is 17.0 Å². The third-order valence-corrected chi connectivity index (χ3v) is 2.58. The van der Waals surface area contributed by atoms with Gasteiger partial charge < -0.3 is 9.47 Å². The molecule has 4 heteroatoms. The lowest BCUT2D eigenvalue weighted by molar-refractivity contribution is -0.134. The Balaban J connectivity index is 2.45. The van der Waals surface area contributed by atoms with E-state index < -0.39 is 0 Å². The van der Waals surface area contributed by atoms with E-state index >= 15 is 0 Å². The zero-order chi connectivity index (χ0) is 13.0. The normalized spacial score (nSPS) is 10.8. The van der Waals surface area contributed by atoms with Crippen LogP contribution in [0.4, 0.5) is 0 Å². The van der Waals surface area contributed by atoms with Gasteiger partial charge in [-0.1, -0.05) is 0 Å². The second-order valence-electron chi connectivity index (χ2n) is 3.64. The fraction of sp³-hybridized carbons (Fsp3) is 0.143. The van der Waals surface area contributed by atoms with Crippen molar-refractivity contribution >= 4 is 22.9 Å². The fourth-order valence-electron chi connectivity index (χ4n) is 1.65. The van der Waals surface area contributed by atoms with E-state index in [4.69, 9.17) is 4.74 Å². The first-order valence-electron chi connectivity index (χ1n) is 5.43. The molecule has 92 valence electrons. The minimum Gasteiger partial charge on any atom is -0.497 e. The van der Waals surface area contributed by atoms with Crippen molar-refractivity contribution in [3.05, 3.63) is 42.1 Å². The zero-order valence-corrected chi connectivity index (χ0v) is 10.2. The van der Waals surface area contributed by atoms with Crippen molar-refractivity contribution < 1.29 is 14.3 Å². The molecule has 0 N–H and O–H groups in total. The number of rotatable bonds is 3. The van der Waals surface area contributed by atoms with Crippen LogP contribution in [0.5, 0.6) is 5.75 Å². The summed E-state index contributed by atoms with van der Waals surface area (Å²) in [6.45, 7) is 0. The first kappa shape index (κ1) is 12.1. The quantitative estimate of drug-likeness (QED) is 0.613. The van der Waals surface area contributed by atoms with E-state index in [0.29, 0.717) is 0 Å². The molecule has 0 fully saturated rings. The minimum atomic E-state index is -0.381. The Bertz CT molecular complexity index is 605. The van der Waals surface area contributed by atoms with Crippen molar-refractivity contribution in [1.29, 1.82) is 0 Å². The molecule has 18 heavy (non-hydrogen) atoms. The molecule has 0 spiro atoms. The Morgan fingerprint density at radius 1 is 1.28 bits per heavy atom. The van der Waals surface area contributed by atoms with Crippen LogP contribution in [0.2, 0.25) is 0 Å². The fourth-order valence-corrected chi connectivity index (χ4v) is 1.65. The van der Waals surface area contributed by atoms with Gasteiger partial charge in [-0.3, -0.25) is 4.98 Å². The molecule has 0 aliphatic rings. The molecule has 0 amide bonds. The molecule has 0 saturated heterocycles. The van der Waals surface area contributed by atoms with Gasteiger partial charge in [-0.25, -0.2) is 4.79 Å². The van der Waals surface area contributed by atoms with Crippen LogP contribution in [-0.2, 0) is 9.53 Å². The van der Waals surface area contributed by atoms with E-state index in [1.54, 1.807) is 19.4 Å². The maximum atomic E-state index is 11.1. The molecule has 1 aromatic carbocycles. The highest BCUT2D eigenvalue weighted by molar-refractivity contribution is 5.93. The number of nitrogens with zero attached hydrogens (tertiary/aromatic N) is 1. The standard InChI is InChI=1S/C14H13NO3/c1-17-11-4-5-12-10(3-6-14(16)18-2)7-8-15-13(12)9-11/h3-9H,1-2H3/b6-3+. The van der Waals surface area contributed by atoms with E-state index in [1.165, 1.54) is 13.2 Å². The molecular formula is C14H13NO3. The number of hydrogen-bond acceptors (Lipinski definition) is 4. The molecule has 0 atom stereocenters. The summed E-state index contributed by atoms with van der Waals surface area (Å²) in [6, 6.07) is 7.47. The van der Waals surface area contributed by atoms with Crippen LogP contribution in [0.3, 0.4) is 0 Å². The van der Waals surface area contributed by atoms with E-state index in [0.717, 1.165) is 22.2 Å². The van der Waals surface area contributed by atoms with Gasteiger partial charge in [0.25, 0.3) is 0 Å². The number of ether oxygens (including phenoxy) is 2. The Hall–Kier alpha value is -2.36. The van der Waals surface area contributed by atoms with Gasteiger partial charge >= 0.3 is 5.97 Å². The number of fused-ring (bicyclic) bond motifs is 1. The number of esters is 1. The molecule has 0 radical (unpaired) electrons. The predicted molar refractivity (Wildman–Crippen MR) is 69.3 cm³/mol. The number of aromatic nitrogens is 1. The van der Waals surface area contributed by atoms with Crippen LogP contribution in [-0.4, -0.2) is 25.2 Å². The van der Waals surface area contributed by atoms with Gasteiger partial charge in [-0.2, -0.15) is 0 Å². The molecule has 2 rings (SSSR count). The van der Waals surface area contributed by atoms with Gasteiger partial charge in [0, 0.05) is 23.7 Å². The number of carbonyl (C=O) groups excluding carboxylic acids is 1. The molecule has 1 aromatic heterocycles. The van der Waals surface area contributed by atoms with Gasteiger partial charge in [-0.15, -0.1) is 0 Å². The first-order chi connectivity index (χ1) is 8.74. The highest BCUT2D eigenvalue weighted by Crippen LogP contribution is 2.22. The molecule has 2 aromatic rings. The lowest BCUT2D eigenvalue weighted by atomic mass is 10.1. The molecular weight excluding hydrogens is 230 g/mol. The topological polar surface area (TPSA) is 48.4 Å². The summed E-state index contributed by atoms with van der Waals surface area (Å²) in [6.07, 6.45) is 4.79. The van der Waals surface area contributed by atoms with Crippen LogP contribution >= 0.6 is 0 Å². The summed E-state index contributed by atoms with van der Waals surface area (Å²) in [5.74, 6) is 0.373. The average molecular weight is 243 g/mol. The maximum absolute atomic E-state index is 11.1. The number of pyridine rings is 1. The predicted octanol–water partition coefficient (Wildman–Crippen LogP) is 2.43. The van der Waals surface area contributed by atoms with Gasteiger partial charge in [0.1, 0.15) is 5.75 Å². The van der Waals surface area contributed by atoms with Crippen LogP contribution < -0.4 is 4.74 Å². The molecule has 0 bridgehead atoms. The third kappa shape index (κ3) is 2.48. The van der Waals surface area contributed by atoms with Gasteiger partial charge in [-0.05, 0) is 29.8 Å². The van der Waals surface area contributed by atoms with Crippen LogP contribution in [0.1, 0.15) is 5.56 Å². The van der Waals surface area contributed by atoms with Crippen molar-refractivity contribution in [3.8, 4) is 5.75 Å². The lowest BCUT2D eigenvalue weighted by Crippen LogP contribution is -1.93. The van der Waals surface area contributed by atoms with E-state index in [1.807, 2.05) is 24.3 Å². The summed E-state index contributed by atoms with van der Waals surface area (Å²) >= 11 is 0. The Morgan fingerprint density at radius 3 is 2.83 bits per heavy atom. The second kappa shape index (κ2) is 5.31. The highest BCUT2D eigenvalue weighted by Gasteiger charge is 2.01. The summed E-state index contributed by atoms with van der Waals surface area (Å²) in [5.41, 5.74) is 1.73. The summed E-state index contributed by atoms with van der Waals surface area (Å²) in [5, 5.41) is 0.957. The van der Waals surface area contributed by atoms with E-state index in [-0.39, 0.29) is 5.97 Å². The molecule has 0 aliphatic heterocycles. The molecule has 1 heterocycles. The van der Waals surface area contributed by atoms with E-state index in [9.17, 15) is 4.79 Å². The number of hydrogen-bond donors (Lipinski definition) is 0. The van der Waals surface area contributed by atoms with Gasteiger partial charge in [0.2, 0.25) is 0 Å². The monoisotopic (exact) mass is 243 g/mol. The van der Waals surface area contributed by atoms with Crippen molar-refractivity contribution in [2.75, 3.05) is 14.2 Å². The molecule has 0 unspecified atom stereocenters. The van der Waals surface area contributed by atoms with Crippen LogP contribution in [0.15, 0.2) is 36.5 Å². The first-order valence-corrected chi connectivity index (χ1v) is 5.43. The molecule has 0 aliphatic carbocycles. The average Bonchev–Trinajstić information content (AvgIpc) is 2.43. The Morgan fingerprint density at radius 2 is 2.11 bits per heavy atom.